The van der Waals surface area contributed by atoms with Crippen LogP contribution in [0.5, 0.6) is 0 Å². The predicted molar refractivity (Wildman–Crippen MR) is 221 cm³/mol. The van der Waals surface area contributed by atoms with Crippen molar-refractivity contribution in [3.63, 3.8) is 0 Å². The van der Waals surface area contributed by atoms with Crippen LogP contribution in [-0.4, -0.2) is 41.9 Å². The molecule has 1 amide bonds. The third-order valence-corrected chi connectivity index (χ3v) is 10.6. The Morgan fingerprint density at radius 3 is 1.24 bits per heavy atom. The number of aliphatic hydroxyl groups is 1. The summed E-state index contributed by atoms with van der Waals surface area (Å²) in [5, 5.41) is 13.2. The Morgan fingerprint density at radius 1 is 0.510 bits per heavy atom. The van der Waals surface area contributed by atoms with Gasteiger partial charge < -0.3 is 10.4 Å². The van der Waals surface area contributed by atoms with E-state index >= 15 is 0 Å². The molecule has 300 valence electrons. The van der Waals surface area contributed by atoms with Crippen molar-refractivity contribution in [2.24, 2.45) is 0 Å². The fraction of sp³-hybridized carbons (Fsp3) is 0.841. The summed E-state index contributed by atoms with van der Waals surface area (Å²) >= 11 is 0. The van der Waals surface area contributed by atoms with Gasteiger partial charge in [-0.1, -0.05) is 192 Å². The van der Waals surface area contributed by atoms with Gasteiger partial charge in [0.1, 0.15) is 0 Å². The summed E-state index contributed by atoms with van der Waals surface area (Å²) in [4.78, 5) is 12.5. The van der Waals surface area contributed by atoms with E-state index in [1.807, 2.05) is 6.08 Å². The number of nitrogens with one attached hydrogen (secondary N) is 1. The first kappa shape index (κ1) is 49.6. The average Bonchev–Trinajstić information content (AvgIpc) is 3.09. The highest BCUT2D eigenvalue weighted by atomic mass is 32.2. The molecular formula is C44H83NO5S. The molecule has 0 fully saturated rings. The number of carbonyl (C=O) groups is 1. The number of hydrogen-bond donors (Lipinski definition) is 3. The fourth-order valence-corrected chi connectivity index (χ4v) is 7.25. The van der Waals surface area contributed by atoms with E-state index in [2.05, 4.69) is 43.5 Å². The molecule has 0 aliphatic carbocycles. The molecule has 0 spiro atoms. The van der Waals surface area contributed by atoms with Crippen molar-refractivity contribution in [2.75, 3.05) is 5.75 Å². The first-order chi connectivity index (χ1) is 24.8. The van der Waals surface area contributed by atoms with Crippen LogP contribution in [0, 0.1) is 0 Å². The second-order valence-electron chi connectivity index (χ2n) is 15.0. The minimum atomic E-state index is -4.36. The van der Waals surface area contributed by atoms with E-state index in [4.69, 9.17) is 0 Å². The highest BCUT2D eigenvalue weighted by molar-refractivity contribution is 7.85. The third kappa shape index (κ3) is 39.6. The van der Waals surface area contributed by atoms with Gasteiger partial charge in [0.05, 0.1) is 17.9 Å². The predicted octanol–water partition coefficient (Wildman–Crippen LogP) is 12.9. The van der Waals surface area contributed by atoms with E-state index in [0.29, 0.717) is 6.42 Å². The number of unbranched alkanes of at least 4 members (excludes halogenated alkanes) is 27. The summed E-state index contributed by atoms with van der Waals surface area (Å²) < 4.78 is 32.5. The summed E-state index contributed by atoms with van der Waals surface area (Å²) in [6.07, 6.45) is 49.9. The quantitative estimate of drug-likeness (QED) is 0.0331. The Balaban J connectivity index is 3.94. The Labute approximate surface area is 316 Å². The van der Waals surface area contributed by atoms with Crippen molar-refractivity contribution >= 4 is 16.0 Å². The molecule has 0 saturated heterocycles. The van der Waals surface area contributed by atoms with Gasteiger partial charge in [-0.2, -0.15) is 8.42 Å². The summed E-state index contributed by atoms with van der Waals surface area (Å²) in [6, 6.07) is -1.08. The van der Waals surface area contributed by atoms with E-state index < -0.39 is 28.0 Å². The van der Waals surface area contributed by atoms with E-state index in [-0.39, 0.29) is 12.3 Å². The second kappa shape index (κ2) is 38.3. The van der Waals surface area contributed by atoms with Crippen LogP contribution in [0.15, 0.2) is 36.5 Å². The lowest BCUT2D eigenvalue weighted by molar-refractivity contribution is -0.122. The van der Waals surface area contributed by atoms with Crippen LogP contribution in [0.2, 0.25) is 0 Å². The van der Waals surface area contributed by atoms with Crippen LogP contribution < -0.4 is 5.32 Å². The van der Waals surface area contributed by atoms with Crippen LogP contribution in [0.4, 0.5) is 0 Å². The zero-order valence-electron chi connectivity index (χ0n) is 33.5. The monoisotopic (exact) mass is 738 g/mol. The van der Waals surface area contributed by atoms with Crippen LogP contribution in [-0.2, 0) is 14.9 Å². The summed E-state index contributed by atoms with van der Waals surface area (Å²) in [6.45, 7) is 4.53. The maximum Gasteiger partial charge on any atom is 0.267 e. The molecule has 0 bridgehead atoms. The Kier molecular flexibility index (Phi) is 37.2. The molecule has 2 atom stereocenters. The van der Waals surface area contributed by atoms with Gasteiger partial charge in [-0.25, -0.2) is 0 Å². The van der Waals surface area contributed by atoms with Gasteiger partial charge in [-0.05, 0) is 57.8 Å². The molecular weight excluding hydrogens is 655 g/mol. The topological polar surface area (TPSA) is 104 Å². The van der Waals surface area contributed by atoms with E-state index in [1.165, 1.54) is 147 Å². The van der Waals surface area contributed by atoms with Gasteiger partial charge >= 0.3 is 0 Å². The minimum Gasteiger partial charge on any atom is -0.387 e. The first-order valence-electron chi connectivity index (χ1n) is 21.7. The number of allylic oxidation sites excluding steroid dienone is 5. The number of rotatable bonds is 39. The summed E-state index contributed by atoms with van der Waals surface area (Å²) in [7, 11) is -4.36. The number of hydrogen-bond acceptors (Lipinski definition) is 4. The number of carbonyl (C=O) groups excluding carboxylic acids is 1. The van der Waals surface area contributed by atoms with Crippen molar-refractivity contribution < 1.29 is 22.9 Å². The molecule has 0 aromatic heterocycles. The highest BCUT2D eigenvalue weighted by Gasteiger charge is 2.24. The lowest BCUT2D eigenvalue weighted by atomic mass is 10.0. The maximum absolute atomic E-state index is 12.5. The smallest absolute Gasteiger partial charge is 0.267 e. The van der Waals surface area contributed by atoms with Crippen molar-refractivity contribution in [3.8, 4) is 0 Å². The highest BCUT2D eigenvalue weighted by Crippen LogP contribution is 2.14. The van der Waals surface area contributed by atoms with Gasteiger partial charge in [-0.15, -0.1) is 0 Å². The molecule has 0 rings (SSSR count). The molecule has 2 unspecified atom stereocenters. The van der Waals surface area contributed by atoms with Crippen LogP contribution in [0.25, 0.3) is 0 Å². The van der Waals surface area contributed by atoms with E-state index in [9.17, 15) is 22.9 Å². The molecule has 0 aliphatic rings. The van der Waals surface area contributed by atoms with Gasteiger partial charge in [0.2, 0.25) is 5.91 Å². The van der Waals surface area contributed by atoms with E-state index in [0.717, 1.165) is 51.4 Å². The van der Waals surface area contributed by atoms with Gasteiger partial charge in [0.15, 0.2) is 0 Å². The molecule has 0 radical (unpaired) electrons. The molecule has 0 saturated carbocycles. The number of aliphatic hydroxyl groups excluding tert-OH is 1. The second-order valence-corrected chi connectivity index (χ2v) is 16.5. The lowest BCUT2D eigenvalue weighted by Gasteiger charge is -2.21. The summed E-state index contributed by atoms with van der Waals surface area (Å²) in [5.74, 6) is -1.01. The zero-order valence-corrected chi connectivity index (χ0v) is 34.3. The van der Waals surface area contributed by atoms with Crippen molar-refractivity contribution in [1.29, 1.82) is 0 Å². The molecule has 0 aromatic carbocycles. The molecule has 51 heavy (non-hydrogen) atoms. The maximum atomic E-state index is 12.5. The van der Waals surface area contributed by atoms with Crippen molar-refractivity contribution in [3.05, 3.63) is 36.5 Å². The van der Waals surface area contributed by atoms with Crippen LogP contribution >= 0.6 is 0 Å². The van der Waals surface area contributed by atoms with Crippen LogP contribution in [0.1, 0.15) is 219 Å². The average molecular weight is 738 g/mol. The standard InChI is InChI=1S/C44H83NO5S/c1-3-5-7-9-11-13-15-17-19-21-22-23-24-25-27-29-31-33-35-37-39-43(46)42(41-51(48,49)50)45-44(47)40-38-36-34-32-30-28-26-20-18-16-14-12-10-8-6-4-2/h20,26,29,31,37,39,42-43,46H,3-19,21-25,27-28,30,32-36,38,40-41H2,1-2H3,(H,45,47)(H,48,49,50)/b26-20-,31-29+,39-37+. The molecule has 0 heterocycles. The van der Waals surface area contributed by atoms with Crippen molar-refractivity contribution in [2.45, 2.75) is 231 Å². The molecule has 0 aromatic rings. The fourth-order valence-electron chi connectivity index (χ4n) is 6.52. The third-order valence-electron chi connectivity index (χ3n) is 9.79. The number of amides is 1. The lowest BCUT2D eigenvalue weighted by Crippen LogP contribution is -2.46. The normalized spacial score (nSPS) is 13.6. The van der Waals surface area contributed by atoms with E-state index in [1.54, 1.807) is 0 Å². The Hall–Kier alpha value is -1.44. The molecule has 3 N–H and O–H groups in total. The van der Waals surface area contributed by atoms with Crippen molar-refractivity contribution in [1.82, 2.24) is 5.32 Å². The molecule has 6 nitrogen and oxygen atoms in total. The zero-order chi connectivity index (χ0) is 37.5. The molecule has 0 aliphatic heterocycles. The molecule has 7 heteroatoms. The van der Waals surface area contributed by atoms with Gasteiger partial charge in [0, 0.05) is 6.42 Å². The minimum absolute atomic E-state index is 0.279. The van der Waals surface area contributed by atoms with Crippen LogP contribution in [0.3, 0.4) is 0 Å². The SMILES string of the molecule is CCCCCCCCC/C=C\CCCCCCCC(=O)NC(CS(=O)(=O)O)C(O)/C=C/CC/C=C/CCCCCCCCCCCCCCCC. The van der Waals surface area contributed by atoms with Gasteiger partial charge in [-0.3, -0.25) is 9.35 Å². The summed E-state index contributed by atoms with van der Waals surface area (Å²) in [5.41, 5.74) is 0. The Bertz CT molecular complexity index is 945. The Morgan fingerprint density at radius 2 is 0.843 bits per heavy atom. The van der Waals surface area contributed by atoms with Gasteiger partial charge in [0.25, 0.3) is 10.1 Å². The first-order valence-corrected chi connectivity index (χ1v) is 23.3. The largest absolute Gasteiger partial charge is 0.387 e.